The number of rotatable bonds is 0. The number of alkyl halides is 4. The fourth-order valence-corrected chi connectivity index (χ4v) is 1.10. The Kier molecular flexibility index (Phi) is 2.37. The molecule has 0 amide bonds. The maximum Gasteiger partial charge on any atom is 0.393 e. The Hall–Kier alpha value is -0.320. The minimum atomic E-state index is -4.17. The van der Waals surface area contributed by atoms with Crippen LogP contribution in [0.4, 0.5) is 17.6 Å². The van der Waals surface area contributed by atoms with Crippen molar-refractivity contribution in [3.05, 3.63) is 0 Å². The van der Waals surface area contributed by atoms with E-state index in [1.165, 1.54) is 0 Å². The lowest BCUT2D eigenvalue weighted by atomic mass is 9.99. The second kappa shape index (κ2) is 2.97. The first-order chi connectivity index (χ1) is 5.00. The fraction of sp³-hybridized carbons (Fsp3) is 1.00. The summed E-state index contributed by atoms with van der Waals surface area (Å²) in [7, 11) is 0. The smallest absolute Gasteiger partial charge is 0.287 e. The average Bonchev–Trinajstić information content (AvgIpc) is 1.86. The van der Waals surface area contributed by atoms with Gasteiger partial charge >= 0.3 is 6.18 Å². The lowest BCUT2D eigenvalue weighted by molar-refractivity contribution is -0.181. The molecule has 1 nitrogen and oxygen atoms in total. The number of halogens is 4. The molecule has 0 spiro atoms. The van der Waals surface area contributed by atoms with Crippen molar-refractivity contribution in [2.75, 3.05) is 6.54 Å². The third-order valence-electron chi connectivity index (χ3n) is 1.82. The van der Waals surface area contributed by atoms with Gasteiger partial charge in [-0.15, -0.1) is 0 Å². The first kappa shape index (κ1) is 8.77. The van der Waals surface area contributed by atoms with E-state index in [1.807, 2.05) is 0 Å². The molecule has 0 radical (unpaired) electrons. The van der Waals surface area contributed by atoms with Crippen LogP contribution in [0.2, 0.25) is 0 Å². The summed E-state index contributed by atoms with van der Waals surface area (Å²) in [6, 6.07) is 0. The van der Waals surface area contributed by atoms with Gasteiger partial charge in [0, 0.05) is 6.54 Å². The Bertz CT molecular complexity index is 125. The zero-order valence-electron chi connectivity index (χ0n) is 5.79. The molecular weight excluding hydrogens is 162 g/mol. The molecule has 0 aromatic rings. The maximum atomic E-state index is 12.3. The van der Waals surface area contributed by atoms with Gasteiger partial charge in [-0.05, 0) is 12.8 Å². The van der Waals surface area contributed by atoms with Gasteiger partial charge in [-0.2, -0.15) is 13.2 Å². The van der Waals surface area contributed by atoms with Crippen LogP contribution in [0.15, 0.2) is 0 Å². The Balaban J connectivity index is 2.39. The summed E-state index contributed by atoms with van der Waals surface area (Å²) in [5.74, 6) is -1.37. The van der Waals surface area contributed by atoms with Gasteiger partial charge in [0.2, 0.25) is 0 Å². The molecule has 0 saturated carbocycles. The molecule has 0 aliphatic carbocycles. The van der Waals surface area contributed by atoms with Crippen molar-refractivity contribution in [1.29, 1.82) is 0 Å². The molecule has 66 valence electrons. The first-order valence-corrected chi connectivity index (χ1v) is 3.44. The lowest BCUT2D eigenvalue weighted by Gasteiger charge is -2.26. The summed E-state index contributed by atoms with van der Waals surface area (Å²) < 4.78 is 48.0. The van der Waals surface area contributed by atoms with Gasteiger partial charge < -0.3 is 0 Å². The monoisotopic (exact) mass is 171 g/mol. The van der Waals surface area contributed by atoms with E-state index in [2.05, 4.69) is 5.32 Å². The van der Waals surface area contributed by atoms with Crippen molar-refractivity contribution in [2.24, 2.45) is 5.92 Å². The van der Waals surface area contributed by atoms with Crippen molar-refractivity contribution >= 4 is 0 Å². The number of nitrogens with one attached hydrogen (secondary N) is 1. The third kappa shape index (κ3) is 2.32. The fourth-order valence-electron chi connectivity index (χ4n) is 1.10. The number of piperidine rings is 1. The molecule has 11 heavy (non-hydrogen) atoms. The van der Waals surface area contributed by atoms with E-state index >= 15 is 0 Å². The molecule has 0 aromatic heterocycles. The molecule has 2 atom stereocenters. The van der Waals surface area contributed by atoms with Gasteiger partial charge in [-0.3, -0.25) is 5.32 Å². The van der Waals surface area contributed by atoms with Crippen LogP contribution in [0, 0.1) is 5.92 Å². The van der Waals surface area contributed by atoms with E-state index in [1.54, 1.807) is 0 Å². The van der Waals surface area contributed by atoms with Crippen LogP contribution in [0.1, 0.15) is 12.8 Å². The molecule has 1 saturated heterocycles. The topological polar surface area (TPSA) is 12.0 Å². The molecule has 5 heteroatoms. The normalized spacial score (nSPS) is 33.8. The molecule has 1 fully saturated rings. The van der Waals surface area contributed by atoms with Gasteiger partial charge in [0.25, 0.3) is 0 Å². The number of hydrogen-bond acceptors (Lipinski definition) is 1. The second-order valence-electron chi connectivity index (χ2n) is 2.69. The van der Waals surface area contributed by atoms with Crippen molar-refractivity contribution in [3.8, 4) is 0 Å². The maximum absolute atomic E-state index is 12.3. The van der Waals surface area contributed by atoms with Crippen molar-refractivity contribution < 1.29 is 17.6 Å². The molecular formula is C6H9F4N. The van der Waals surface area contributed by atoms with E-state index in [0.29, 0.717) is 0 Å². The SMILES string of the molecule is FC1CCC(C(F)(F)F)CN1. The van der Waals surface area contributed by atoms with Crippen molar-refractivity contribution in [2.45, 2.75) is 25.3 Å². The number of hydrogen-bond donors (Lipinski definition) is 1. The van der Waals surface area contributed by atoms with E-state index in [9.17, 15) is 17.6 Å². The van der Waals surface area contributed by atoms with Gasteiger partial charge in [0.05, 0.1) is 5.92 Å². The van der Waals surface area contributed by atoms with E-state index in [4.69, 9.17) is 0 Å². The third-order valence-corrected chi connectivity index (χ3v) is 1.82. The minimum absolute atomic E-state index is 0.0375. The summed E-state index contributed by atoms with van der Waals surface area (Å²) in [5.41, 5.74) is 0. The predicted molar refractivity (Wildman–Crippen MR) is 31.7 cm³/mol. The van der Waals surface area contributed by atoms with Crippen molar-refractivity contribution in [3.63, 3.8) is 0 Å². The van der Waals surface area contributed by atoms with Crippen LogP contribution >= 0.6 is 0 Å². The van der Waals surface area contributed by atoms with Crippen LogP contribution in [0.3, 0.4) is 0 Å². The molecule has 1 aliphatic rings. The largest absolute Gasteiger partial charge is 0.393 e. The van der Waals surface area contributed by atoms with Gasteiger partial charge in [-0.25, -0.2) is 4.39 Å². The highest BCUT2D eigenvalue weighted by Gasteiger charge is 2.41. The Morgan fingerprint density at radius 3 is 2.18 bits per heavy atom. The minimum Gasteiger partial charge on any atom is -0.287 e. The summed E-state index contributed by atoms with van der Waals surface area (Å²) in [6.45, 7) is -0.287. The summed E-state index contributed by atoms with van der Waals surface area (Å²) in [4.78, 5) is 0. The molecule has 1 aliphatic heterocycles. The molecule has 2 unspecified atom stereocenters. The zero-order valence-corrected chi connectivity index (χ0v) is 5.79. The van der Waals surface area contributed by atoms with E-state index in [0.717, 1.165) is 0 Å². The van der Waals surface area contributed by atoms with Crippen LogP contribution in [0.25, 0.3) is 0 Å². The van der Waals surface area contributed by atoms with Gasteiger partial charge in [-0.1, -0.05) is 0 Å². The first-order valence-electron chi connectivity index (χ1n) is 3.44. The lowest BCUT2D eigenvalue weighted by Crippen LogP contribution is -2.42. The Labute approximate surface area is 61.8 Å². The van der Waals surface area contributed by atoms with E-state index in [-0.39, 0.29) is 19.4 Å². The summed E-state index contributed by atoms with van der Waals surface area (Å²) in [6.07, 6.45) is -5.57. The Morgan fingerprint density at radius 2 is 1.82 bits per heavy atom. The van der Waals surface area contributed by atoms with Crippen LogP contribution in [0.5, 0.6) is 0 Å². The average molecular weight is 171 g/mol. The Morgan fingerprint density at radius 1 is 1.18 bits per heavy atom. The highest BCUT2D eigenvalue weighted by molar-refractivity contribution is 4.76. The zero-order chi connectivity index (χ0) is 8.48. The van der Waals surface area contributed by atoms with Crippen LogP contribution in [-0.4, -0.2) is 19.0 Å². The van der Waals surface area contributed by atoms with Crippen LogP contribution in [-0.2, 0) is 0 Å². The highest BCUT2D eigenvalue weighted by Crippen LogP contribution is 2.31. The van der Waals surface area contributed by atoms with Crippen LogP contribution < -0.4 is 5.32 Å². The predicted octanol–water partition coefficient (Wildman–Crippen LogP) is 1.84. The summed E-state index contributed by atoms with van der Waals surface area (Å²) in [5, 5.41) is 2.15. The molecule has 0 bridgehead atoms. The van der Waals surface area contributed by atoms with Gasteiger partial charge in [0.15, 0.2) is 6.30 Å². The van der Waals surface area contributed by atoms with Crippen molar-refractivity contribution in [1.82, 2.24) is 5.32 Å². The second-order valence-corrected chi connectivity index (χ2v) is 2.69. The quantitative estimate of drug-likeness (QED) is 0.433. The van der Waals surface area contributed by atoms with E-state index < -0.39 is 18.4 Å². The highest BCUT2D eigenvalue weighted by atomic mass is 19.4. The molecule has 0 aromatic carbocycles. The van der Waals surface area contributed by atoms with Gasteiger partial charge in [0.1, 0.15) is 0 Å². The molecule has 1 N–H and O–H groups in total. The molecule has 1 rings (SSSR count). The standard InChI is InChI=1S/C6H9F4N/c7-5-2-1-4(3-11-5)6(8,9)10/h4-5,11H,1-3H2. The molecule has 1 heterocycles. The summed E-state index contributed by atoms with van der Waals surface area (Å²) >= 11 is 0.